The molecule has 0 aliphatic rings. The maximum absolute atomic E-state index is 5.03. The third kappa shape index (κ3) is 2.90. The summed E-state index contributed by atoms with van der Waals surface area (Å²) in [7, 11) is 0. The Morgan fingerprint density at radius 3 is 2.94 bits per heavy atom. The summed E-state index contributed by atoms with van der Waals surface area (Å²) >= 11 is 1.79. The molecule has 0 atom stereocenters. The average Bonchev–Trinajstić information content (AvgIpc) is 2.83. The minimum atomic E-state index is 0.698. The molecule has 1 N–H and O–H groups in total. The van der Waals surface area contributed by atoms with E-state index in [4.69, 9.17) is 4.52 Å². The van der Waals surface area contributed by atoms with E-state index in [1.165, 1.54) is 10.4 Å². The van der Waals surface area contributed by atoms with Crippen molar-refractivity contribution in [3.05, 3.63) is 33.6 Å². The molecule has 86 valence electrons. The molecular formula is C11H15N3OS. The third-order valence-electron chi connectivity index (χ3n) is 2.34. The summed E-state index contributed by atoms with van der Waals surface area (Å²) in [6, 6.07) is 2.14. The SMILES string of the molecule is Cc1noc(CCNCc2sccc2C)n1. The van der Waals surface area contributed by atoms with Crippen molar-refractivity contribution in [1.82, 2.24) is 15.5 Å². The number of nitrogens with one attached hydrogen (secondary N) is 1. The Kier molecular flexibility index (Phi) is 3.69. The second-order valence-corrected chi connectivity index (χ2v) is 4.69. The number of rotatable bonds is 5. The van der Waals surface area contributed by atoms with Crippen LogP contribution in [0.15, 0.2) is 16.0 Å². The second kappa shape index (κ2) is 5.23. The van der Waals surface area contributed by atoms with Crippen molar-refractivity contribution < 1.29 is 4.52 Å². The average molecular weight is 237 g/mol. The van der Waals surface area contributed by atoms with Crippen molar-refractivity contribution in [3.8, 4) is 0 Å². The molecule has 0 unspecified atom stereocenters. The molecule has 4 nitrogen and oxygen atoms in total. The molecule has 5 heteroatoms. The molecule has 16 heavy (non-hydrogen) atoms. The van der Waals surface area contributed by atoms with Crippen molar-refractivity contribution in [2.45, 2.75) is 26.8 Å². The summed E-state index contributed by atoms with van der Waals surface area (Å²) in [5, 5.41) is 9.24. The lowest BCUT2D eigenvalue weighted by Crippen LogP contribution is -2.16. The summed E-state index contributed by atoms with van der Waals surface area (Å²) < 4.78 is 5.03. The lowest BCUT2D eigenvalue weighted by atomic mass is 10.3. The van der Waals surface area contributed by atoms with E-state index in [0.29, 0.717) is 11.7 Å². The molecule has 2 rings (SSSR count). The number of aromatic nitrogens is 2. The van der Waals surface area contributed by atoms with E-state index in [1.807, 2.05) is 6.92 Å². The molecular weight excluding hydrogens is 222 g/mol. The van der Waals surface area contributed by atoms with Gasteiger partial charge in [-0.05, 0) is 30.9 Å². The monoisotopic (exact) mass is 237 g/mol. The normalized spacial score (nSPS) is 10.9. The molecule has 0 spiro atoms. The first kappa shape index (κ1) is 11.3. The van der Waals surface area contributed by atoms with Crippen LogP contribution in [0.2, 0.25) is 0 Å². The summed E-state index contributed by atoms with van der Waals surface area (Å²) in [6.07, 6.45) is 0.783. The predicted octanol–water partition coefficient (Wildman–Crippen LogP) is 2.08. The van der Waals surface area contributed by atoms with Gasteiger partial charge < -0.3 is 9.84 Å². The van der Waals surface area contributed by atoms with Gasteiger partial charge in [0.2, 0.25) is 5.89 Å². The second-order valence-electron chi connectivity index (χ2n) is 3.69. The Bertz CT molecular complexity index is 450. The summed E-state index contributed by atoms with van der Waals surface area (Å²) in [6.45, 7) is 5.74. The van der Waals surface area contributed by atoms with Gasteiger partial charge in [-0.3, -0.25) is 0 Å². The van der Waals surface area contributed by atoms with Crippen molar-refractivity contribution in [2.24, 2.45) is 0 Å². The fourth-order valence-electron chi connectivity index (χ4n) is 1.42. The quantitative estimate of drug-likeness (QED) is 0.809. The van der Waals surface area contributed by atoms with Gasteiger partial charge in [0.05, 0.1) is 0 Å². The molecule has 0 fully saturated rings. The highest BCUT2D eigenvalue weighted by Crippen LogP contribution is 2.14. The molecule has 2 aromatic rings. The fraction of sp³-hybridized carbons (Fsp3) is 0.455. The van der Waals surface area contributed by atoms with Crippen molar-refractivity contribution in [2.75, 3.05) is 6.54 Å². The van der Waals surface area contributed by atoms with Gasteiger partial charge >= 0.3 is 0 Å². The zero-order valence-electron chi connectivity index (χ0n) is 9.49. The van der Waals surface area contributed by atoms with Gasteiger partial charge in [-0.1, -0.05) is 5.16 Å². The Balaban J connectivity index is 1.71. The van der Waals surface area contributed by atoms with E-state index in [1.54, 1.807) is 11.3 Å². The number of aryl methyl sites for hydroxylation is 2. The molecule has 2 aromatic heterocycles. The van der Waals surface area contributed by atoms with Crippen LogP contribution >= 0.6 is 11.3 Å². The van der Waals surface area contributed by atoms with Crippen molar-refractivity contribution in [1.29, 1.82) is 0 Å². The lowest BCUT2D eigenvalue weighted by molar-refractivity contribution is 0.372. The van der Waals surface area contributed by atoms with E-state index in [9.17, 15) is 0 Å². The van der Waals surface area contributed by atoms with Gasteiger partial charge in [0, 0.05) is 24.4 Å². The van der Waals surface area contributed by atoms with Crippen LogP contribution < -0.4 is 5.32 Å². The maximum atomic E-state index is 5.03. The number of hydrogen-bond acceptors (Lipinski definition) is 5. The van der Waals surface area contributed by atoms with Gasteiger partial charge in [0.15, 0.2) is 5.82 Å². The van der Waals surface area contributed by atoms with Crippen LogP contribution in [0.3, 0.4) is 0 Å². The summed E-state index contributed by atoms with van der Waals surface area (Å²) in [4.78, 5) is 5.54. The first-order valence-electron chi connectivity index (χ1n) is 5.28. The molecule has 0 amide bonds. The van der Waals surface area contributed by atoms with E-state index in [2.05, 4.69) is 33.8 Å². The van der Waals surface area contributed by atoms with Gasteiger partial charge in [0.1, 0.15) is 0 Å². The Hall–Kier alpha value is -1.20. The third-order valence-corrected chi connectivity index (χ3v) is 3.36. The van der Waals surface area contributed by atoms with Crippen LogP contribution in [-0.2, 0) is 13.0 Å². The lowest BCUT2D eigenvalue weighted by Gasteiger charge is -2.01. The fourth-order valence-corrected chi connectivity index (χ4v) is 2.30. The molecule has 0 aromatic carbocycles. The smallest absolute Gasteiger partial charge is 0.227 e. The van der Waals surface area contributed by atoms with Crippen molar-refractivity contribution >= 4 is 11.3 Å². The van der Waals surface area contributed by atoms with Gasteiger partial charge in [-0.15, -0.1) is 11.3 Å². The topological polar surface area (TPSA) is 51.0 Å². The van der Waals surface area contributed by atoms with E-state index >= 15 is 0 Å². The molecule has 2 heterocycles. The summed E-state index contributed by atoms with van der Waals surface area (Å²) in [5.41, 5.74) is 1.35. The largest absolute Gasteiger partial charge is 0.339 e. The van der Waals surface area contributed by atoms with Gasteiger partial charge in [-0.2, -0.15) is 4.98 Å². The molecule has 0 saturated carbocycles. The summed E-state index contributed by atoms with van der Waals surface area (Å²) in [5.74, 6) is 1.40. The van der Waals surface area contributed by atoms with Gasteiger partial charge in [-0.25, -0.2) is 0 Å². The van der Waals surface area contributed by atoms with Crippen LogP contribution in [0, 0.1) is 13.8 Å². The van der Waals surface area contributed by atoms with E-state index in [-0.39, 0.29) is 0 Å². The minimum absolute atomic E-state index is 0.698. The Morgan fingerprint density at radius 1 is 1.44 bits per heavy atom. The van der Waals surface area contributed by atoms with E-state index in [0.717, 1.165) is 19.5 Å². The maximum Gasteiger partial charge on any atom is 0.227 e. The molecule has 0 saturated heterocycles. The minimum Gasteiger partial charge on any atom is -0.339 e. The first-order chi connectivity index (χ1) is 7.75. The zero-order valence-corrected chi connectivity index (χ0v) is 10.3. The highest BCUT2D eigenvalue weighted by Gasteiger charge is 2.02. The molecule has 0 radical (unpaired) electrons. The van der Waals surface area contributed by atoms with Crippen LogP contribution in [0.1, 0.15) is 22.2 Å². The van der Waals surface area contributed by atoms with Crippen molar-refractivity contribution in [3.63, 3.8) is 0 Å². The zero-order chi connectivity index (χ0) is 11.4. The number of thiophene rings is 1. The highest BCUT2D eigenvalue weighted by molar-refractivity contribution is 7.10. The number of hydrogen-bond donors (Lipinski definition) is 1. The van der Waals surface area contributed by atoms with Crippen LogP contribution in [0.5, 0.6) is 0 Å². The van der Waals surface area contributed by atoms with Crippen LogP contribution in [-0.4, -0.2) is 16.7 Å². The predicted molar refractivity (Wildman–Crippen MR) is 63.5 cm³/mol. The Morgan fingerprint density at radius 2 is 2.31 bits per heavy atom. The Labute approximate surface area is 98.7 Å². The first-order valence-corrected chi connectivity index (χ1v) is 6.16. The van der Waals surface area contributed by atoms with Crippen LogP contribution in [0.4, 0.5) is 0 Å². The van der Waals surface area contributed by atoms with Crippen LogP contribution in [0.25, 0.3) is 0 Å². The molecule has 0 aliphatic carbocycles. The van der Waals surface area contributed by atoms with Gasteiger partial charge in [0.25, 0.3) is 0 Å². The highest BCUT2D eigenvalue weighted by atomic mass is 32.1. The standard InChI is InChI=1S/C11H15N3OS/c1-8-4-6-16-10(8)7-12-5-3-11-13-9(2)14-15-11/h4,6,12H,3,5,7H2,1-2H3. The van der Waals surface area contributed by atoms with E-state index < -0.39 is 0 Å². The number of nitrogens with zero attached hydrogens (tertiary/aromatic N) is 2. The molecule has 0 bridgehead atoms. The molecule has 0 aliphatic heterocycles.